The third kappa shape index (κ3) is 3.61. The highest BCUT2D eigenvalue weighted by atomic mass is 35.5. The lowest BCUT2D eigenvalue weighted by atomic mass is 10.1. The van der Waals surface area contributed by atoms with E-state index in [0.717, 1.165) is 0 Å². The molecule has 104 valence electrons. The van der Waals surface area contributed by atoms with Crippen LogP contribution in [-0.2, 0) is 11.2 Å². The number of carbonyl (C=O) groups is 2. The number of aromatic carboxylic acids is 1. The first-order valence-corrected chi connectivity index (χ1v) is 6.29. The van der Waals surface area contributed by atoms with Crippen LogP contribution in [0.5, 0.6) is 0 Å². The van der Waals surface area contributed by atoms with Crippen LogP contribution in [0.3, 0.4) is 0 Å². The number of hydrogen-bond donors (Lipinski definition) is 2. The van der Waals surface area contributed by atoms with Crippen molar-refractivity contribution in [2.75, 3.05) is 5.32 Å². The SMILES string of the molecule is O=C(CCc1ccco1)Nc1cc(Cl)ccc1C(=O)O. The minimum absolute atomic E-state index is 0.000693. The van der Waals surface area contributed by atoms with Gasteiger partial charge in [-0.05, 0) is 30.3 Å². The van der Waals surface area contributed by atoms with E-state index >= 15 is 0 Å². The van der Waals surface area contributed by atoms with Crippen molar-refractivity contribution >= 4 is 29.2 Å². The summed E-state index contributed by atoms with van der Waals surface area (Å²) in [5.74, 6) is -0.723. The number of aryl methyl sites for hydroxylation is 1. The maximum absolute atomic E-state index is 11.8. The largest absolute Gasteiger partial charge is 0.478 e. The van der Waals surface area contributed by atoms with Gasteiger partial charge in [-0.2, -0.15) is 0 Å². The van der Waals surface area contributed by atoms with E-state index < -0.39 is 5.97 Å². The molecule has 0 unspecified atom stereocenters. The molecule has 1 amide bonds. The van der Waals surface area contributed by atoms with Crippen molar-refractivity contribution in [2.24, 2.45) is 0 Å². The minimum atomic E-state index is -1.12. The summed E-state index contributed by atoms with van der Waals surface area (Å²) in [6.45, 7) is 0. The molecule has 5 nitrogen and oxygen atoms in total. The second-order valence-corrected chi connectivity index (χ2v) is 4.56. The van der Waals surface area contributed by atoms with Gasteiger partial charge in [0.1, 0.15) is 5.76 Å². The van der Waals surface area contributed by atoms with Crippen molar-refractivity contribution in [2.45, 2.75) is 12.8 Å². The van der Waals surface area contributed by atoms with Gasteiger partial charge in [0, 0.05) is 17.9 Å². The number of amides is 1. The number of carboxylic acid groups (broad SMARTS) is 1. The monoisotopic (exact) mass is 293 g/mol. The second kappa shape index (κ2) is 6.25. The molecular weight excluding hydrogens is 282 g/mol. The Kier molecular flexibility index (Phi) is 4.42. The number of rotatable bonds is 5. The van der Waals surface area contributed by atoms with Gasteiger partial charge in [0.15, 0.2) is 0 Å². The molecule has 0 atom stereocenters. The van der Waals surface area contributed by atoms with Crippen LogP contribution in [0.25, 0.3) is 0 Å². The molecule has 6 heteroatoms. The molecule has 2 N–H and O–H groups in total. The highest BCUT2D eigenvalue weighted by Gasteiger charge is 2.13. The summed E-state index contributed by atoms with van der Waals surface area (Å²) in [6.07, 6.45) is 2.17. The van der Waals surface area contributed by atoms with Gasteiger partial charge in [0.2, 0.25) is 5.91 Å². The number of halogens is 1. The molecule has 0 radical (unpaired) electrons. The van der Waals surface area contributed by atoms with Gasteiger partial charge in [0.05, 0.1) is 17.5 Å². The lowest BCUT2D eigenvalue weighted by Gasteiger charge is -2.08. The Morgan fingerprint density at radius 3 is 2.75 bits per heavy atom. The molecule has 1 aromatic carbocycles. The minimum Gasteiger partial charge on any atom is -0.478 e. The maximum atomic E-state index is 11.8. The van der Waals surface area contributed by atoms with E-state index in [0.29, 0.717) is 17.2 Å². The van der Waals surface area contributed by atoms with Crippen molar-refractivity contribution in [1.29, 1.82) is 0 Å². The van der Waals surface area contributed by atoms with E-state index in [1.165, 1.54) is 24.5 Å². The van der Waals surface area contributed by atoms with Gasteiger partial charge in [-0.1, -0.05) is 11.6 Å². The standard InChI is InChI=1S/C14H12ClNO4/c15-9-3-5-11(14(18)19)12(8-9)16-13(17)6-4-10-2-1-7-20-10/h1-3,5,7-8H,4,6H2,(H,16,17)(H,18,19). The zero-order valence-electron chi connectivity index (χ0n) is 10.4. The zero-order chi connectivity index (χ0) is 14.5. The number of carbonyl (C=O) groups excluding carboxylic acids is 1. The molecule has 20 heavy (non-hydrogen) atoms. The Labute approximate surface area is 120 Å². The van der Waals surface area contributed by atoms with E-state index in [1.807, 2.05) is 0 Å². The quantitative estimate of drug-likeness (QED) is 0.887. The summed E-state index contributed by atoms with van der Waals surface area (Å²) in [7, 11) is 0. The van der Waals surface area contributed by atoms with Gasteiger partial charge in [-0.3, -0.25) is 4.79 Å². The maximum Gasteiger partial charge on any atom is 0.337 e. The second-order valence-electron chi connectivity index (χ2n) is 4.12. The summed E-state index contributed by atoms with van der Waals surface area (Å²) in [5.41, 5.74) is 0.190. The number of nitrogens with one attached hydrogen (secondary N) is 1. The first-order chi connectivity index (χ1) is 9.56. The Balaban J connectivity index is 2.03. The molecule has 0 fully saturated rings. The first kappa shape index (κ1) is 14.1. The Morgan fingerprint density at radius 2 is 2.10 bits per heavy atom. The van der Waals surface area contributed by atoms with Crippen LogP contribution in [0.15, 0.2) is 41.0 Å². The topological polar surface area (TPSA) is 79.5 Å². The predicted octanol–water partition coefficient (Wildman–Crippen LogP) is 3.20. The fourth-order valence-electron chi connectivity index (χ4n) is 1.71. The van der Waals surface area contributed by atoms with Crippen LogP contribution in [-0.4, -0.2) is 17.0 Å². The Bertz CT molecular complexity index is 622. The Hall–Kier alpha value is -2.27. The van der Waals surface area contributed by atoms with Crippen molar-refractivity contribution in [3.63, 3.8) is 0 Å². The van der Waals surface area contributed by atoms with E-state index in [-0.39, 0.29) is 23.6 Å². The van der Waals surface area contributed by atoms with E-state index in [4.69, 9.17) is 21.1 Å². The molecule has 0 aliphatic carbocycles. The van der Waals surface area contributed by atoms with Crippen molar-refractivity contribution in [3.05, 3.63) is 52.9 Å². The highest BCUT2D eigenvalue weighted by Crippen LogP contribution is 2.21. The summed E-state index contributed by atoms with van der Waals surface area (Å²) >= 11 is 5.80. The van der Waals surface area contributed by atoms with Crippen LogP contribution < -0.4 is 5.32 Å². The highest BCUT2D eigenvalue weighted by molar-refractivity contribution is 6.31. The molecule has 0 saturated heterocycles. The first-order valence-electron chi connectivity index (χ1n) is 5.91. The average Bonchev–Trinajstić information content (AvgIpc) is 2.89. The molecule has 0 spiro atoms. The molecule has 0 aliphatic heterocycles. The van der Waals surface area contributed by atoms with Crippen molar-refractivity contribution in [3.8, 4) is 0 Å². The molecule has 0 bridgehead atoms. The average molecular weight is 294 g/mol. The van der Waals surface area contributed by atoms with E-state index in [2.05, 4.69) is 5.32 Å². The molecule has 0 saturated carbocycles. The van der Waals surface area contributed by atoms with Gasteiger partial charge in [-0.15, -0.1) is 0 Å². The van der Waals surface area contributed by atoms with Crippen LogP contribution in [0.4, 0.5) is 5.69 Å². The third-order valence-corrected chi connectivity index (χ3v) is 2.90. The van der Waals surface area contributed by atoms with E-state index in [9.17, 15) is 9.59 Å². The van der Waals surface area contributed by atoms with Crippen LogP contribution in [0, 0.1) is 0 Å². The summed E-state index contributed by atoms with van der Waals surface area (Å²) < 4.78 is 5.12. The molecular formula is C14H12ClNO4. The van der Waals surface area contributed by atoms with Gasteiger partial charge in [0.25, 0.3) is 0 Å². The van der Waals surface area contributed by atoms with Crippen molar-refractivity contribution < 1.29 is 19.1 Å². The number of furan rings is 1. The number of carboxylic acids is 1. The van der Waals surface area contributed by atoms with Crippen LogP contribution in [0.1, 0.15) is 22.5 Å². The lowest BCUT2D eigenvalue weighted by molar-refractivity contribution is -0.116. The third-order valence-electron chi connectivity index (χ3n) is 2.66. The summed E-state index contributed by atoms with van der Waals surface area (Å²) in [5, 5.41) is 11.9. The van der Waals surface area contributed by atoms with Gasteiger partial charge in [-0.25, -0.2) is 4.79 Å². The number of hydrogen-bond acceptors (Lipinski definition) is 3. The molecule has 0 aliphatic rings. The molecule has 2 rings (SSSR count). The smallest absolute Gasteiger partial charge is 0.337 e. The normalized spacial score (nSPS) is 10.2. The van der Waals surface area contributed by atoms with Gasteiger partial charge >= 0.3 is 5.97 Å². The number of anilines is 1. The van der Waals surface area contributed by atoms with Crippen LogP contribution in [0.2, 0.25) is 5.02 Å². The molecule has 1 heterocycles. The predicted molar refractivity (Wildman–Crippen MR) is 74.1 cm³/mol. The van der Waals surface area contributed by atoms with Crippen LogP contribution >= 0.6 is 11.6 Å². The zero-order valence-corrected chi connectivity index (χ0v) is 11.2. The number of benzene rings is 1. The van der Waals surface area contributed by atoms with E-state index in [1.54, 1.807) is 12.1 Å². The van der Waals surface area contributed by atoms with Crippen molar-refractivity contribution in [1.82, 2.24) is 0 Å². The lowest BCUT2D eigenvalue weighted by Crippen LogP contribution is -2.15. The summed E-state index contributed by atoms with van der Waals surface area (Å²) in [4.78, 5) is 22.9. The molecule has 2 aromatic rings. The molecule has 1 aromatic heterocycles. The summed E-state index contributed by atoms with van der Waals surface area (Å²) in [6, 6.07) is 7.74. The fraction of sp³-hybridized carbons (Fsp3) is 0.143. The fourth-order valence-corrected chi connectivity index (χ4v) is 1.88. The Morgan fingerprint density at radius 1 is 1.30 bits per heavy atom. The van der Waals surface area contributed by atoms with Gasteiger partial charge < -0.3 is 14.8 Å².